The molecule has 0 aliphatic carbocycles. The van der Waals surface area contributed by atoms with E-state index in [4.69, 9.17) is 27.9 Å². The minimum Gasteiger partial charge on any atom is -0.494 e. The highest BCUT2D eigenvalue weighted by molar-refractivity contribution is 7.21. The Bertz CT molecular complexity index is 1460. The van der Waals surface area contributed by atoms with E-state index in [2.05, 4.69) is 17.1 Å². The zero-order chi connectivity index (χ0) is 26.6. The van der Waals surface area contributed by atoms with Crippen molar-refractivity contribution in [2.75, 3.05) is 43.0 Å². The molecule has 0 spiro atoms. The van der Waals surface area contributed by atoms with E-state index in [-0.39, 0.29) is 11.8 Å². The lowest BCUT2D eigenvalue weighted by Crippen LogP contribution is -2.48. The number of hydrogen-bond donors (Lipinski definition) is 1. The second kappa shape index (κ2) is 11.6. The molecule has 2 amide bonds. The molecule has 1 aliphatic rings. The maximum atomic E-state index is 13.0. The Labute approximate surface area is 235 Å². The maximum absolute atomic E-state index is 13.0. The third-order valence-corrected chi connectivity index (χ3v) is 8.41. The molecule has 38 heavy (non-hydrogen) atoms. The molecule has 0 radical (unpaired) electrons. The lowest BCUT2D eigenvalue weighted by atomic mass is 10.1. The lowest BCUT2D eigenvalue weighted by molar-refractivity contribution is 0.0746. The number of ether oxygens (including phenoxy) is 1. The Balaban J connectivity index is 1.19. The summed E-state index contributed by atoms with van der Waals surface area (Å²) in [6, 6.07) is 20.5. The molecule has 4 aromatic rings. The van der Waals surface area contributed by atoms with Crippen LogP contribution in [-0.2, 0) is 0 Å². The van der Waals surface area contributed by atoms with Gasteiger partial charge in [-0.05, 0) is 55.0 Å². The monoisotopic (exact) mass is 567 g/mol. The van der Waals surface area contributed by atoms with Crippen molar-refractivity contribution in [2.24, 2.45) is 0 Å². The first-order valence-electron chi connectivity index (χ1n) is 12.5. The largest absolute Gasteiger partial charge is 0.494 e. The van der Waals surface area contributed by atoms with Gasteiger partial charge in [-0.2, -0.15) is 0 Å². The third kappa shape index (κ3) is 5.60. The number of amides is 2. The van der Waals surface area contributed by atoms with E-state index >= 15 is 0 Å². The highest BCUT2D eigenvalue weighted by atomic mass is 35.5. The normalized spacial score (nSPS) is 13.6. The van der Waals surface area contributed by atoms with Crippen molar-refractivity contribution >= 4 is 67.8 Å². The molecule has 9 heteroatoms. The van der Waals surface area contributed by atoms with E-state index in [0.29, 0.717) is 59.0 Å². The summed E-state index contributed by atoms with van der Waals surface area (Å²) < 4.78 is 6.57. The number of halogens is 2. The van der Waals surface area contributed by atoms with Gasteiger partial charge in [0.1, 0.15) is 10.6 Å². The number of nitrogens with zero attached hydrogens (tertiary/aromatic N) is 2. The summed E-state index contributed by atoms with van der Waals surface area (Å²) in [5, 5.41) is 4.77. The van der Waals surface area contributed by atoms with E-state index in [1.165, 1.54) is 11.3 Å². The quantitative estimate of drug-likeness (QED) is 0.256. The Morgan fingerprint density at radius 2 is 1.71 bits per heavy atom. The van der Waals surface area contributed by atoms with Crippen LogP contribution in [0.15, 0.2) is 66.7 Å². The lowest BCUT2D eigenvalue weighted by Gasteiger charge is -2.36. The molecule has 1 fully saturated rings. The van der Waals surface area contributed by atoms with Gasteiger partial charge in [-0.25, -0.2) is 0 Å². The molecule has 3 aromatic carbocycles. The number of rotatable bonds is 7. The summed E-state index contributed by atoms with van der Waals surface area (Å²) in [5.41, 5.74) is 2.12. The van der Waals surface area contributed by atoms with Gasteiger partial charge in [0.05, 0.1) is 22.3 Å². The van der Waals surface area contributed by atoms with Crippen LogP contribution >= 0.6 is 34.5 Å². The standard InChI is InChI=1S/C29H27Cl2N3O3S/c1-2-17-37-21-10-7-19(8-11-21)29(36)34-15-13-33(14-16-34)24-12-9-20(18-23(24)30)32-28(35)27-26(31)22-5-3-4-6-25(22)38-27/h3-12,18H,2,13-17H2,1H3,(H,32,35). The summed E-state index contributed by atoms with van der Waals surface area (Å²) in [7, 11) is 0. The molecule has 1 saturated heterocycles. The number of nitrogens with one attached hydrogen (secondary N) is 1. The van der Waals surface area contributed by atoms with E-state index in [1.54, 1.807) is 6.07 Å². The molecule has 5 rings (SSSR count). The summed E-state index contributed by atoms with van der Waals surface area (Å²) in [5.74, 6) is 0.516. The van der Waals surface area contributed by atoms with Gasteiger partial charge in [0.2, 0.25) is 0 Å². The minimum absolute atomic E-state index is 0.00995. The number of piperazine rings is 1. The Morgan fingerprint density at radius 3 is 2.39 bits per heavy atom. The maximum Gasteiger partial charge on any atom is 0.267 e. The Morgan fingerprint density at radius 1 is 0.974 bits per heavy atom. The van der Waals surface area contributed by atoms with Crippen LogP contribution in [0, 0.1) is 0 Å². The number of thiophene rings is 1. The molecular weight excluding hydrogens is 541 g/mol. The highest BCUT2D eigenvalue weighted by Gasteiger charge is 2.24. The first-order chi connectivity index (χ1) is 18.4. The summed E-state index contributed by atoms with van der Waals surface area (Å²) >= 11 is 14.4. The van der Waals surface area contributed by atoms with Gasteiger partial charge in [-0.1, -0.05) is 48.3 Å². The highest BCUT2D eigenvalue weighted by Crippen LogP contribution is 2.36. The Hall–Kier alpha value is -3.26. The first-order valence-corrected chi connectivity index (χ1v) is 14.1. The summed E-state index contributed by atoms with van der Waals surface area (Å²) in [6.45, 7) is 5.21. The fourth-order valence-corrected chi connectivity index (χ4v) is 6.15. The van der Waals surface area contributed by atoms with Crippen LogP contribution in [0.25, 0.3) is 10.1 Å². The van der Waals surface area contributed by atoms with E-state index in [1.807, 2.05) is 65.6 Å². The van der Waals surface area contributed by atoms with Gasteiger partial charge >= 0.3 is 0 Å². The predicted octanol–water partition coefficient (Wildman–Crippen LogP) is 7.21. The number of carbonyl (C=O) groups is 2. The predicted molar refractivity (Wildman–Crippen MR) is 157 cm³/mol. The number of fused-ring (bicyclic) bond motifs is 1. The number of hydrogen-bond acceptors (Lipinski definition) is 5. The summed E-state index contributed by atoms with van der Waals surface area (Å²) in [6.07, 6.45) is 0.938. The SMILES string of the molecule is CCCOc1ccc(C(=O)N2CCN(c3ccc(NC(=O)c4sc5ccccc5c4Cl)cc3Cl)CC2)cc1. The summed E-state index contributed by atoms with van der Waals surface area (Å²) in [4.78, 5) is 30.4. The van der Waals surface area contributed by atoms with E-state index in [9.17, 15) is 9.59 Å². The van der Waals surface area contributed by atoms with Gasteiger partial charge in [-0.3, -0.25) is 9.59 Å². The third-order valence-electron chi connectivity index (χ3n) is 6.43. The number of anilines is 2. The van der Waals surface area contributed by atoms with Crippen LogP contribution in [0.2, 0.25) is 10.0 Å². The second-order valence-electron chi connectivity index (χ2n) is 9.01. The van der Waals surface area contributed by atoms with Gasteiger partial charge in [0.15, 0.2) is 0 Å². The van der Waals surface area contributed by atoms with Crippen molar-refractivity contribution in [2.45, 2.75) is 13.3 Å². The average Bonchev–Trinajstić information content (AvgIpc) is 3.28. The number of benzene rings is 3. The molecule has 0 atom stereocenters. The fourth-order valence-electron chi connectivity index (χ4n) is 4.44. The van der Waals surface area contributed by atoms with Crippen LogP contribution in [0.5, 0.6) is 5.75 Å². The zero-order valence-electron chi connectivity index (χ0n) is 20.9. The first kappa shape index (κ1) is 26.4. The van der Waals surface area contributed by atoms with Crippen LogP contribution in [0.3, 0.4) is 0 Å². The molecular formula is C29H27Cl2N3O3S. The minimum atomic E-state index is -0.267. The van der Waals surface area contributed by atoms with Crippen LogP contribution in [0.4, 0.5) is 11.4 Å². The molecule has 0 bridgehead atoms. The molecule has 0 unspecified atom stereocenters. The number of carbonyl (C=O) groups excluding carboxylic acids is 2. The van der Waals surface area contributed by atoms with Crippen molar-refractivity contribution in [1.29, 1.82) is 0 Å². The second-order valence-corrected chi connectivity index (χ2v) is 10.9. The van der Waals surface area contributed by atoms with Crippen LogP contribution < -0.4 is 15.0 Å². The average molecular weight is 569 g/mol. The molecule has 2 heterocycles. The topological polar surface area (TPSA) is 61.9 Å². The van der Waals surface area contributed by atoms with Crippen molar-refractivity contribution < 1.29 is 14.3 Å². The molecule has 1 N–H and O–H groups in total. The van der Waals surface area contributed by atoms with E-state index < -0.39 is 0 Å². The van der Waals surface area contributed by atoms with Crippen LogP contribution in [0.1, 0.15) is 33.4 Å². The van der Waals surface area contributed by atoms with Crippen molar-refractivity contribution in [3.63, 3.8) is 0 Å². The van der Waals surface area contributed by atoms with Gasteiger partial charge in [0.25, 0.3) is 11.8 Å². The molecule has 0 saturated carbocycles. The van der Waals surface area contributed by atoms with Gasteiger partial charge in [-0.15, -0.1) is 11.3 Å². The van der Waals surface area contributed by atoms with Crippen LogP contribution in [-0.4, -0.2) is 49.5 Å². The van der Waals surface area contributed by atoms with Crippen molar-refractivity contribution in [3.8, 4) is 5.75 Å². The molecule has 196 valence electrons. The van der Waals surface area contributed by atoms with Crippen molar-refractivity contribution in [1.82, 2.24) is 4.90 Å². The molecule has 6 nitrogen and oxygen atoms in total. The molecule has 1 aromatic heterocycles. The fraction of sp³-hybridized carbons (Fsp3) is 0.241. The molecule has 1 aliphatic heterocycles. The van der Waals surface area contributed by atoms with Gasteiger partial charge < -0.3 is 19.9 Å². The Kier molecular flexibility index (Phi) is 8.07. The smallest absolute Gasteiger partial charge is 0.267 e. The zero-order valence-corrected chi connectivity index (χ0v) is 23.2. The van der Waals surface area contributed by atoms with E-state index in [0.717, 1.165) is 27.9 Å². The van der Waals surface area contributed by atoms with Gasteiger partial charge in [0, 0.05) is 47.5 Å². The van der Waals surface area contributed by atoms with Crippen molar-refractivity contribution in [3.05, 3.63) is 87.2 Å².